The van der Waals surface area contributed by atoms with Crippen molar-refractivity contribution in [3.05, 3.63) is 23.8 Å². The number of hydrogen-bond donors (Lipinski definition) is 1. The molecule has 0 aromatic heterocycles. The fourth-order valence-electron chi connectivity index (χ4n) is 3.03. The van der Waals surface area contributed by atoms with Gasteiger partial charge in [0.05, 0.1) is 19.5 Å². The topological polar surface area (TPSA) is 47.6 Å². The fraction of sp³-hybridized carbons (Fsp3) is 0.632. The van der Waals surface area contributed by atoms with Crippen LogP contribution in [0.5, 0.6) is 11.5 Å². The van der Waals surface area contributed by atoms with Gasteiger partial charge in [-0.05, 0) is 49.1 Å². The van der Waals surface area contributed by atoms with Gasteiger partial charge in [-0.1, -0.05) is 25.3 Å². The minimum absolute atomic E-state index is 0.00734. The van der Waals surface area contributed by atoms with E-state index in [9.17, 15) is 4.79 Å². The largest absolute Gasteiger partial charge is 0.493 e. The van der Waals surface area contributed by atoms with Crippen molar-refractivity contribution < 1.29 is 14.3 Å². The lowest BCUT2D eigenvalue weighted by Crippen LogP contribution is -2.31. The molecule has 1 aromatic carbocycles. The van der Waals surface area contributed by atoms with Gasteiger partial charge in [-0.3, -0.25) is 4.79 Å². The van der Waals surface area contributed by atoms with Crippen molar-refractivity contribution in [1.29, 1.82) is 0 Å². The van der Waals surface area contributed by atoms with Crippen LogP contribution >= 0.6 is 11.8 Å². The van der Waals surface area contributed by atoms with Crippen LogP contribution in [0.1, 0.15) is 44.6 Å². The summed E-state index contributed by atoms with van der Waals surface area (Å²) in [5, 5.41) is 3.01. The number of ether oxygens (including phenoxy) is 2. The minimum atomic E-state index is -0.00734. The zero-order valence-electron chi connectivity index (χ0n) is 15.0. The Bertz CT molecular complexity index is 529. The second kappa shape index (κ2) is 9.82. The number of hydrogen-bond acceptors (Lipinski definition) is 4. The molecule has 1 fully saturated rings. The molecule has 0 heterocycles. The average molecular weight is 352 g/mol. The first-order valence-corrected chi connectivity index (χ1v) is 9.79. The standard InChI is InChI=1S/C19H29NO3S/c1-14(24-13-15-7-5-4-6-8-15)19(21)20-12-16-9-10-17(22-2)18(11-16)23-3/h9-11,14-15H,4-8,12-13H2,1-3H3,(H,20,21). The van der Waals surface area contributed by atoms with Crippen molar-refractivity contribution in [3.8, 4) is 11.5 Å². The fourth-order valence-corrected chi connectivity index (χ4v) is 4.16. The zero-order valence-corrected chi connectivity index (χ0v) is 15.8. The molecule has 5 heteroatoms. The Kier molecular flexibility index (Phi) is 7.76. The summed E-state index contributed by atoms with van der Waals surface area (Å²) >= 11 is 1.78. The number of nitrogens with one attached hydrogen (secondary N) is 1. The molecular weight excluding hydrogens is 322 g/mol. The van der Waals surface area contributed by atoms with Gasteiger partial charge in [-0.15, -0.1) is 11.8 Å². The molecule has 0 aliphatic heterocycles. The second-order valence-corrected chi connectivity index (χ2v) is 7.76. The number of benzene rings is 1. The summed E-state index contributed by atoms with van der Waals surface area (Å²) in [7, 11) is 3.23. The van der Waals surface area contributed by atoms with Crippen LogP contribution in [0.2, 0.25) is 0 Å². The van der Waals surface area contributed by atoms with Crippen molar-refractivity contribution >= 4 is 17.7 Å². The van der Waals surface area contributed by atoms with E-state index in [0.717, 1.165) is 17.2 Å². The van der Waals surface area contributed by atoms with Crippen LogP contribution in [0, 0.1) is 5.92 Å². The SMILES string of the molecule is COc1ccc(CNC(=O)C(C)SCC2CCCCC2)cc1OC. The lowest BCUT2D eigenvalue weighted by molar-refractivity contribution is -0.120. The van der Waals surface area contributed by atoms with Gasteiger partial charge in [-0.25, -0.2) is 0 Å². The van der Waals surface area contributed by atoms with E-state index in [1.807, 2.05) is 25.1 Å². The van der Waals surface area contributed by atoms with Crippen LogP contribution in [0.15, 0.2) is 18.2 Å². The first-order chi connectivity index (χ1) is 11.6. The van der Waals surface area contributed by atoms with Gasteiger partial charge in [0.25, 0.3) is 0 Å². The number of carbonyl (C=O) groups excluding carboxylic acids is 1. The van der Waals surface area contributed by atoms with Crippen molar-refractivity contribution in [3.63, 3.8) is 0 Å². The predicted octanol–water partition coefficient (Wildman–Crippen LogP) is 4.02. The average Bonchev–Trinajstić information content (AvgIpc) is 2.64. The van der Waals surface area contributed by atoms with Gasteiger partial charge in [0.15, 0.2) is 11.5 Å². The Morgan fingerprint density at radius 3 is 2.58 bits per heavy atom. The third kappa shape index (κ3) is 5.62. The Morgan fingerprint density at radius 2 is 1.92 bits per heavy atom. The molecule has 24 heavy (non-hydrogen) atoms. The van der Waals surface area contributed by atoms with E-state index in [4.69, 9.17) is 9.47 Å². The summed E-state index contributed by atoms with van der Waals surface area (Å²) in [4.78, 5) is 12.3. The third-order valence-corrected chi connectivity index (χ3v) is 5.97. The number of rotatable bonds is 8. The maximum Gasteiger partial charge on any atom is 0.233 e. The number of thioether (sulfide) groups is 1. The Hall–Kier alpha value is -1.36. The van der Waals surface area contributed by atoms with Gasteiger partial charge >= 0.3 is 0 Å². The van der Waals surface area contributed by atoms with Crippen LogP contribution in [0.3, 0.4) is 0 Å². The van der Waals surface area contributed by atoms with Crippen LogP contribution in [0.25, 0.3) is 0 Å². The first-order valence-electron chi connectivity index (χ1n) is 8.74. The molecular formula is C19H29NO3S. The van der Waals surface area contributed by atoms with Crippen LogP contribution in [-0.2, 0) is 11.3 Å². The van der Waals surface area contributed by atoms with Gasteiger partial charge in [-0.2, -0.15) is 0 Å². The lowest BCUT2D eigenvalue weighted by Gasteiger charge is -2.22. The van der Waals surface area contributed by atoms with Crippen molar-refractivity contribution in [2.45, 2.75) is 50.8 Å². The maximum absolute atomic E-state index is 12.3. The highest BCUT2D eigenvalue weighted by Crippen LogP contribution is 2.29. The van der Waals surface area contributed by atoms with E-state index in [2.05, 4.69) is 5.32 Å². The van der Waals surface area contributed by atoms with Crippen LogP contribution < -0.4 is 14.8 Å². The molecule has 1 aromatic rings. The van der Waals surface area contributed by atoms with Gasteiger partial charge < -0.3 is 14.8 Å². The van der Waals surface area contributed by atoms with E-state index in [0.29, 0.717) is 18.0 Å². The molecule has 1 atom stereocenters. The molecule has 2 rings (SSSR count). The van der Waals surface area contributed by atoms with Gasteiger partial charge in [0.1, 0.15) is 0 Å². The summed E-state index contributed by atoms with van der Waals surface area (Å²) in [6, 6.07) is 5.71. The van der Waals surface area contributed by atoms with Gasteiger partial charge in [0, 0.05) is 6.54 Å². The molecule has 1 unspecified atom stereocenters. The van der Waals surface area contributed by atoms with E-state index in [1.54, 1.807) is 26.0 Å². The molecule has 0 bridgehead atoms. The Balaban J connectivity index is 1.77. The summed E-state index contributed by atoms with van der Waals surface area (Å²) in [5.74, 6) is 3.38. The quantitative estimate of drug-likeness (QED) is 0.768. The summed E-state index contributed by atoms with van der Waals surface area (Å²) in [6.07, 6.45) is 6.73. The summed E-state index contributed by atoms with van der Waals surface area (Å²) in [6.45, 7) is 2.50. The van der Waals surface area contributed by atoms with E-state index >= 15 is 0 Å². The Morgan fingerprint density at radius 1 is 1.21 bits per heavy atom. The van der Waals surface area contributed by atoms with Gasteiger partial charge in [0.2, 0.25) is 5.91 Å². The van der Waals surface area contributed by atoms with Crippen LogP contribution in [-0.4, -0.2) is 31.1 Å². The molecule has 1 aliphatic carbocycles. The monoisotopic (exact) mass is 351 g/mol. The maximum atomic E-state index is 12.3. The molecule has 4 nitrogen and oxygen atoms in total. The molecule has 134 valence electrons. The smallest absolute Gasteiger partial charge is 0.233 e. The molecule has 1 aliphatic rings. The molecule has 1 saturated carbocycles. The van der Waals surface area contributed by atoms with E-state index in [1.165, 1.54) is 32.1 Å². The minimum Gasteiger partial charge on any atom is -0.493 e. The zero-order chi connectivity index (χ0) is 17.4. The summed E-state index contributed by atoms with van der Waals surface area (Å²) in [5.41, 5.74) is 1.01. The number of amides is 1. The highest BCUT2D eigenvalue weighted by Gasteiger charge is 2.18. The van der Waals surface area contributed by atoms with Crippen molar-refractivity contribution in [2.75, 3.05) is 20.0 Å². The predicted molar refractivity (Wildman–Crippen MR) is 99.9 cm³/mol. The lowest BCUT2D eigenvalue weighted by atomic mass is 9.91. The Labute approximate surface area is 149 Å². The third-order valence-electron chi connectivity index (χ3n) is 4.59. The molecule has 0 saturated heterocycles. The molecule has 1 N–H and O–H groups in total. The summed E-state index contributed by atoms with van der Waals surface area (Å²) < 4.78 is 10.5. The van der Waals surface area contributed by atoms with E-state index < -0.39 is 0 Å². The first kappa shape index (κ1) is 19.0. The van der Waals surface area contributed by atoms with Crippen molar-refractivity contribution in [2.24, 2.45) is 5.92 Å². The van der Waals surface area contributed by atoms with Crippen LogP contribution in [0.4, 0.5) is 0 Å². The van der Waals surface area contributed by atoms with Crippen molar-refractivity contribution in [1.82, 2.24) is 5.32 Å². The molecule has 0 spiro atoms. The molecule has 1 amide bonds. The number of carbonyl (C=O) groups is 1. The highest BCUT2D eigenvalue weighted by molar-refractivity contribution is 8.00. The molecule has 0 radical (unpaired) electrons. The highest BCUT2D eigenvalue weighted by atomic mass is 32.2. The number of methoxy groups -OCH3 is 2. The normalized spacial score (nSPS) is 16.5. The van der Waals surface area contributed by atoms with E-state index in [-0.39, 0.29) is 11.2 Å². The second-order valence-electron chi connectivity index (χ2n) is 6.39.